The van der Waals surface area contributed by atoms with Crippen LogP contribution in [0.2, 0.25) is 10.0 Å². The van der Waals surface area contributed by atoms with Gasteiger partial charge in [-0.05, 0) is 24.3 Å². The van der Waals surface area contributed by atoms with E-state index in [4.69, 9.17) is 23.2 Å². The molecule has 0 radical (unpaired) electrons. The minimum Gasteiger partial charge on any atom is -0.478 e. The van der Waals surface area contributed by atoms with Crippen LogP contribution in [-0.4, -0.2) is 29.5 Å². The van der Waals surface area contributed by atoms with Gasteiger partial charge in [-0.25, -0.2) is 13.2 Å². The lowest BCUT2D eigenvalue weighted by atomic mass is 10.2. The molecule has 25 heavy (non-hydrogen) atoms. The maximum atomic E-state index is 12.8. The van der Waals surface area contributed by atoms with Crippen molar-refractivity contribution in [2.75, 3.05) is 4.72 Å². The van der Waals surface area contributed by atoms with Crippen LogP contribution >= 0.6 is 23.2 Å². The van der Waals surface area contributed by atoms with E-state index in [1.165, 1.54) is 30.6 Å². The fraction of sp³-hybridized carbons (Fsp3) is 0. The summed E-state index contributed by atoms with van der Waals surface area (Å²) < 4.78 is 27.8. The highest BCUT2D eigenvalue weighted by Gasteiger charge is 2.24. The number of rotatable bonds is 4. The number of carbonyl (C=O) groups is 1. The molecule has 0 amide bonds. The molecule has 1 heterocycles. The zero-order valence-corrected chi connectivity index (χ0v) is 14.6. The van der Waals surface area contributed by atoms with Crippen molar-refractivity contribution >= 4 is 55.9 Å². The Labute approximate surface area is 152 Å². The topological polar surface area (TPSA) is 109 Å². The summed E-state index contributed by atoms with van der Waals surface area (Å²) in [5, 5.41) is 9.07. The number of aromatic nitrogens is 2. The van der Waals surface area contributed by atoms with Gasteiger partial charge in [0.2, 0.25) is 0 Å². The zero-order valence-electron chi connectivity index (χ0n) is 12.3. The van der Waals surface area contributed by atoms with Crippen LogP contribution in [0.3, 0.4) is 0 Å². The van der Waals surface area contributed by atoms with Gasteiger partial charge in [-0.2, -0.15) is 0 Å². The number of anilines is 1. The monoisotopic (exact) mass is 397 g/mol. The summed E-state index contributed by atoms with van der Waals surface area (Å²) in [4.78, 5) is 19.3. The van der Waals surface area contributed by atoms with Crippen molar-refractivity contribution in [3.8, 4) is 0 Å². The summed E-state index contributed by atoms with van der Waals surface area (Å²) in [5.74, 6) is -1.35. The number of hydrogen-bond donors (Lipinski definition) is 2. The lowest BCUT2D eigenvalue weighted by Crippen LogP contribution is -2.17. The summed E-state index contributed by atoms with van der Waals surface area (Å²) >= 11 is 11.9. The van der Waals surface area contributed by atoms with Crippen molar-refractivity contribution in [1.82, 2.24) is 9.97 Å². The first kappa shape index (κ1) is 17.4. The van der Waals surface area contributed by atoms with E-state index < -0.39 is 16.0 Å². The maximum Gasteiger partial charge on any atom is 0.337 e. The molecule has 0 saturated heterocycles. The van der Waals surface area contributed by atoms with Gasteiger partial charge in [-0.3, -0.25) is 14.7 Å². The minimum absolute atomic E-state index is 0.0158. The molecule has 2 N–H and O–H groups in total. The van der Waals surface area contributed by atoms with Crippen LogP contribution in [0.5, 0.6) is 0 Å². The van der Waals surface area contributed by atoms with Crippen LogP contribution in [0.1, 0.15) is 10.4 Å². The number of fused-ring (bicyclic) bond motifs is 1. The van der Waals surface area contributed by atoms with Crippen LogP contribution in [0.25, 0.3) is 11.0 Å². The SMILES string of the molecule is O=C(O)c1ccc(Cl)c(Cl)c1NS(=O)(=O)c1cccc2nccnc12. The van der Waals surface area contributed by atoms with Crippen LogP contribution < -0.4 is 4.72 Å². The van der Waals surface area contributed by atoms with Crippen LogP contribution in [0, 0.1) is 0 Å². The standard InChI is InChI=1S/C15H9Cl2N3O4S/c16-9-5-4-8(15(21)22)13(12(9)17)20-25(23,24)11-3-1-2-10-14(11)19-7-6-18-10/h1-7,20H,(H,21,22). The van der Waals surface area contributed by atoms with Crippen molar-refractivity contribution in [1.29, 1.82) is 0 Å². The van der Waals surface area contributed by atoms with Gasteiger partial charge in [0, 0.05) is 12.4 Å². The summed E-state index contributed by atoms with van der Waals surface area (Å²) in [6.45, 7) is 0. The van der Waals surface area contributed by atoms with E-state index in [-0.39, 0.29) is 31.7 Å². The van der Waals surface area contributed by atoms with E-state index in [2.05, 4.69) is 14.7 Å². The molecule has 0 aliphatic carbocycles. The van der Waals surface area contributed by atoms with Crippen molar-refractivity contribution in [2.45, 2.75) is 4.90 Å². The average molecular weight is 398 g/mol. The number of aromatic carboxylic acids is 1. The second-order valence-electron chi connectivity index (χ2n) is 4.87. The Balaban J connectivity index is 2.18. The number of nitrogens with one attached hydrogen (secondary N) is 1. The minimum atomic E-state index is -4.19. The Bertz CT molecular complexity index is 1100. The molecule has 2 aromatic carbocycles. The summed E-state index contributed by atoms with van der Waals surface area (Å²) in [7, 11) is -4.19. The highest BCUT2D eigenvalue weighted by atomic mass is 35.5. The molecular formula is C15H9Cl2N3O4S. The molecule has 1 aromatic heterocycles. The lowest BCUT2D eigenvalue weighted by molar-refractivity contribution is 0.0698. The van der Waals surface area contributed by atoms with Gasteiger partial charge in [-0.15, -0.1) is 0 Å². The van der Waals surface area contributed by atoms with Gasteiger partial charge < -0.3 is 5.11 Å². The number of hydrogen-bond acceptors (Lipinski definition) is 5. The van der Waals surface area contributed by atoms with Gasteiger partial charge >= 0.3 is 5.97 Å². The zero-order chi connectivity index (χ0) is 18.2. The number of sulfonamides is 1. The van der Waals surface area contributed by atoms with Crippen LogP contribution in [0.15, 0.2) is 47.6 Å². The molecule has 7 nitrogen and oxygen atoms in total. The average Bonchev–Trinajstić information content (AvgIpc) is 2.58. The van der Waals surface area contributed by atoms with Gasteiger partial charge in [0.15, 0.2) is 0 Å². The second kappa shape index (κ2) is 6.47. The number of carboxylic acid groups (broad SMARTS) is 1. The Morgan fingerprint density at radius 3 is 2.52 bits per heavy atom. The van der Waals surface area contributed by atoms with Crippen molar-refractivity contribution in [3.63, 3.8) is 0 Å². The number of nitrogens with zero attached hydrogens (tertiary/aromatic N) is 2. The molecule has 0 saturated carbocycles. The predicted octanol–water partition coefficient (Wildman–Crippen LogP) is 3.44. The summed E-state index contributed by atoms with van der Waals surface area (Å²) in [6.07, 6.45) is 2.79. The van der Waals surface area contributed by atoms with Crippen LogP contribution in [0.4, 0.5) is 5.69 Å². The maximum absolute atomic E-state index is 12.8. The van der Waals surface area contributed by atoms with E-state index in [9.17, 15) is 18.3 Å². The first-order valence-corrected chi connectivity index (χ1v) is 8.99. The molecule has 128 valence electrons. The third kappa shape index (κ3) is 3.23. The predicted molar refractivity (Wildman–Crippen MR) is 93.8 cm³/mol. The first-order valence-electron chi connectivity index (χ1n) is 6.75. The molecule has 10 heteroatoms. The van der Waals surface area contributed by atoms with E-state index in [0.717, 1.165) is 6.07 Å². The Hall–Kier alpha value is -2.42. The third-order valence-corrected chi connectivity index (χ3v) is 5.50. The Morgan fingerprint density at radius 1 is 1.08 bits per heavy atom. The molecular weight excluding hydrogens is 389 g/mol. The number of carboxylic acids is 1. The first-order chi connectivity index (χ1) is 11.8. The molecule has 0 spiro atoms. The third-order valence-electron chi connectivity index (χ3n) is 3.31. The summed E-state index contributed by atoms with van der Waals surface area (Å²) in [6, 6.07) is 6.88. The van der Waals surface area contributed by atoms with Gasteiger partial charge in [0.25, 0.3) is 10.0 Å². The molecule has 3 rings (SSSR count). The normalized spacial score (nSPS) is 11.4. The fourth-order valence-corrected chi connectivity index (χ4v) is 3.89. The summed E-state index contributed by atoms with van der Waals surface area (Å²) in [5.41, 5.74) is -0.125. The molecule has 0 unspecified atom stereocenters. The Morgan fingerprint density at radius 2 is 1.80 bits per heavy atom. The van der Waals surface area contributed by atoms with Crippen molar-refractivity contribution < 1.29 is 18.3 Å². The smallest absolute Gasteiger partial charge is 0.337 e. The molecule has 0 aliphatic rings. The van der Waals surface area contributed by atoms with E-state index in [1.807, 2.05) is 0 Å². The van der Waals surface area contributed by atoms with Crippen molar-refractivity contribution in [3.05, 3.63) is 58.3 Å². The van der Waals surface area contributed by atoms with Crippen molar-refractivity contribution in [2.24, 2.45) is 0 Å². The Kier molecular flexibility index (Phi) is 4.51. The lowest BCUT2D eigenvalue weighted by Gasteiger charge is -2.14. The van der Waals surface area contributed by atoms with Gasteiger partial charge in [-0.1, -0.05) is 29.3 Å². The largest absolute Gasteiger partial charge is 0.478 e. The van der Waals surface area contributed by atoms with Gasteiger partial charge in [0.05, 0.1) is 26.8 Å². The molecule has 0 bridgehead atoms. The number of halogens is 2. The quantitative estimate of drug-likeness (QED) is 0.697. The van der Waals surface area contributed by atoms with E-state index >= 15 is 0 Å². The number of benzene rings is 2. The molecule has 3 aromatic rings. The highest BCUT2D eigenvalue weighted by molar-refractivity contribution is 7.93. The molecule has 0 atom stereocenters. The van der Waals surface area contributed by atoms with E-state index in [0.29, 0.717) is 5.52 Å². The van der Waals surface area contributed by atoms with Crippen LogP contribution in [-0.2, 0) is 10.0 Å². The second-order valence-corrected chi connectivity index (χ2v) is 7.31. The molecule has 0 aliphatic heterocycles. The van der Waals surface area contributed by atoms with Gasteiger partial charge in [0.1, 0.15) is 10.4 Å². The highest BCUT2D eigenvalue weighted by Crippen LogP contribution is 2.35. The van der Waals surface area contributed by atoms with E-state index in [1.54, 1.807) is 6.07 Å². The number of para-hydroxylation sites is 1. The molecule has 0 fully saturated rings. The fourth-order valence-electron chi connectivity index (χ4n) is 2.20.